The number of carboxylic acid groups (broad SMARTS) is 1. The Balaban J connectivity index is 3.95. The van der Waals surface area contributed by atoms with Crippen LogP contribution in [0.5, 0.6) is 0 Å². The van der Waals surface area contributed by atoms with Gasteiger partial charge >= 0.3 is 5.97 Å². The number of nitrogens with one attached hydrogen (secondary N) is 1. The highest BCUT2D eigenvalue weighted by atomic mass is 16.4. The molecule has 0 aromatic heterocycles. The molecule has 0 bridgehead atoms. The highest BCUT2D eigenvalue weighted by Gasteiger charge is 2.20. The lowest BCUT2D eigenvalue weighted by Crippen LogP contribution is -2.43. The van der Waals surface area contributed by atoms with E-state index in [4.69, 9.17) is 5.11 Å². The van der Waals surface area contributed by atoms with E-state index in [2.05, 4.69) is 11.9 Å². The summed E-state index contributed by atoms with van der Waals surface area (Å²) in [7, 11) is 0. The fraction of sp³-hybridized carbons (Fsp3) is 0.636. The Morgan fingerprint density at radius 2 is 2.00 bits per heavy atom. The quantitative estimate of drug-likeness (QED) is 0.633. The number of hydrogen-bond acceptors (Lipinski definition) is 2. The van der Waals surface area contributed by atoms with Gasteiger partial charge in [-0.3, -0.25) is 9.59 Å². The minimum Gasteiger partial charge on any atom is -0.481 e. The van der Waals surface area contributed by atoms with Crippen LogP contribution in [0.1, 0.15) is 39.5 Å². The maximum absolute atomic E-state index is 11.4. The summed E-state index contributed by atoms with van der Waals surface area (Å²) in [6, 6.07) is 0. The van der Waals surface area contributed by atoms with Crippen LogP contribution in [-0.4, -0.2) is 22.5 Å². The molecule has 2 N–H and O–H groups in total. The average molecular weight is 213 g/mol. The summed E-state index contributed by atoms with van der Waals surface area (Å²) in [5.41, 5.74) is -0.462. The van der Waals surface area contributed by atoms with Gasteiger partial charge in [0.1, 0.15) is 0 Å². The van der Waals surface area contributed by atoms with Gasteiger partial charge in [-0.15, -0.1) is 6.58 Å². The maximum Gasteiger partial charge on any atom is 0.303 e. The Bertz CT molecular complexity index is 246. The highest BCUT2D eigenvalue weighted by molar-refractivity contribution is 5.77. The van der Waals surface area contributed by atoms with Crippen molar-refractivity contribution >= 4 is 11.9 Å². The third-order valence-corrected chi connectivity index (χ3v) is 2.02. The SMILES string of the molecule is C=CCCC(=O)NC(C)(C)CCC(=O)O. The van der Waals surface area contributed by atoms with Gasteiger partial charge in [0.05, 0.1) is 0 Å². The number of carboxylic acids is 1. The minimum atomic E-state index is -0.844. The standard InChI is InChI=1S/C11H19NO3/c1-4-5-6-9(13)12-11(2,3)8-7-10(14)15/h4H,1,5-8H2,2-3H3,(H,12,13)(H,14,15). The fourth-order valence-electron chi connectivity index (χ4n) is 1.16. The largest absolute Gasteiger partial charge is 0.481 e. The molecule has 0 saturated carbocycles. The van der Waals surface area contributed by atoms with E-state index in [-0.39, 0.29) is 12.3 Å². The first kappa shape index (κ1) is 13.7. The van der Waals surface area contributed by atoms with E-state index in [0.717, 1.165) is 0 Å². The summed E-state index contributed by atoms with van der Waals surface area (Å²) in [4.78, 5) is 21.7. The third-order valence-electron chi connectivity index (χ3n) is 2.02. The second kappa shape index (κ2) is 6.22. The number of amides is 1. The highest BCUT2D eigenvalue weighted by Crippen LogP contribution is 2.11. The molecule has 0 aliphatic heterocycles. The van der Waals surface area contributed by atoms with Gasteiger partial charge in [0.15, 0.2) is 0 Å². The monoisotopic (exact) mass is 213 g/mol. The van der Waals surface area contributed by atoms with Crippen LogP contribution in [0.25, 0.3) is 0 Å². The first-order valence-corrected chi connectivity index (χ1v) is 5.01. The molecule has 0 aromatic carbocycles. The zero-order chi connectivity index (χ0) is 11.9. The van der Waals surface area contributed by atoms with Crippen molar-refractivity contribution in [2.45, 2.75) is 45.1 Å². The normalized spacial score (nSPS) is 10.8. The topological polar surface area (TPSA) is 66.4 Å². The van der Waals surface area contributed by atoms with Crippen molar-refractivity contribution in [2.75, 3.05) is 0 Å². The van der Waals surface area contributed by atoms with Crippen molar-refractivity contribution in [3.63, 3.8) is 0 Å². The molecular weight excluding hydrogens is 194 g/mol. The summed E-state index contributed by atoms with van der Waals surface area (Å²) in [5, 5.41) is 11.3. The predicted molar refractivity (Wildman–Crippen MR) is 58.5 cm³/mol. The van der Waals surface area contributed by atoms with Gasteiger partial charge in [0.25, 0.3) is 0 Å². The summed E-state index contributed by atoms with van der Waals surface area (Å²) >= 11 is 0. The number of hydrogen-bond donors (Lipinski definition) is 2. The van der Waals surface area contributed by atoms with Gasteiger partial charge in [-0.05, 0) is 26.7 Å². The van der Waals surface area contributed by atoms with Gasteiger partial charge in [-0.2, -0.15) is 0 Å². The third kappa shape index (κ3) is 7.73. The van der Waals surface area contributed by atoms with Crippen molar-refractivity contribution < 1.29 is 14.7 Å². The predicted octanol–water partition coefficient (Wildman–Crippen LogP) is 1.71. The van der Waals surface area contributed by atoms with Crippen LogP contribution in [0.2, 0.25) is 0 Å². The smallest absolute Gasteiger partial charge is 0.303 e. The molecule has 0 rings (SSSR count). The molecule has 4 nitrogen and oxygen atoms in total. The Morgan fingerprint density at radius 1 is 1.40 bits per heavy atom. The lowest BCUT2D eigenvalue weighted by molar-refractivity contribution is -0.137. The molecule has 1 amide bonds. The summed E-state index contributed by atoms with van der Waals surface area (Å²) in [5.74, 6) is -0.909. The summed E-state index contributed by atoms with van der Waals surface area (Å²) in [6.45, 7) is 7.17. The van der Waals surface area contributed by atoms with E-state index < -0.39 is 11.5 Å². The van der Waals surface area contributed by atoms with E-state index in [1.54, 1.807) is 6.08 Å². The molecule has 0 unspecified atom stereocenters. The van der Waals surface area contributed by atoms with Crippen molar-refractivity contribution in [3.05, 3.63) is 12.7 Å². The molecule has 86 valence electrons. The van der Waals surface area contributed by atoms with Gasteiger partial charge in [0.2, 0.25) is 5.91 Å². The number of rotatable bonds is 7. The second-order valence-electron chi connectivity index (χ2n) is 4.15. The molecule has 0 saturated heterocycles. The van der Waals surface area contributed by atoms with E-state index in [0.29, 0.717) is 19.3 Å². The van der Waals surface area contributed by atoms with Gasteiger partial charge in [0, 0.05) is 18.4 Å². The number of carbonyl (C=O) groups excluding carboxylic acids is 1. The molecule has 0 aliphatic carbocycles. The summed E-state index contributed by atoms with van der Waals surface area (Å²) < 4.78 is 0. The van der Waals surface area contributed by atoms with E-state index in [9.17, 15) is 9.59 Å². The maximum atomic E-state index is 11.4. The van der Waals surface area contributed by atoms with Crippen LogP contribution in [-0.2, 0) is 9.59 Å². The Hall–Kier alpha value is -1.32. The second-order valence-corrected chi connectivity index (χ2v) is 4.15. The molecule has 0 radical (unpaired) electrons. The first-order valence-electron chi connectivity index (χ1n) is 5.01. The fourth-order valence-corrected chi connectivity index (χ4v) is 1.16. The molecule has 0 spiro atoms. The lowest BCUT2D eigenvalue weighted by atomic mass is 9.98. The molecule has 15 heavy (non-hydrogen) atoms. The Labute approximate surface area is 90.4 Å². The lowest BCUT2D eigenvalue weighted by Gasteiger charge is -2.25. The average Bonchev–Trinajstić information content (AvgIpc) is 2.11. The molecule has 4 heteroatoms. The minimum absolute atomic E-state index is 0.0642. The number of carbonyl (C=O) groups is 2. The van der Waals surface area contributed by atoms with Gasteiger partial charge in [-0.1, -0.05) is 6.08 Å². The van der Waals surface area contributed by atoms with Gasteiger partial charge in [-0.25, -0.2) is 0 Å². The van der Waals surface area contributed by atoms with E-state index in [1.807, 2.05) is 13.8 Å². The van der Waals surface area contributed by atoms with Crippen molar-refractivity contribution in [1.82, 2.24) is 5.32 Å². The van der Waals surface area contributed by atoms with Crippen LogP contribution in [0.4, 0.5) is 0 Å². The van der Waals surface area contributed by atoms with Gasteiger partial charge < -0.3 is 10.4 Å². The van der Waals surface area contributed by atoms with Crippen molar-refractivity contribution in [2.24, 2.45) is 0 Å². The number of allylic oxidation sites excluding steroid dienone is 1. The number of aliphatic carboxylic acids is 1. The van der Waals surface area contributed by atoms with Crippen LogP contribution in [0.15, 0.2) is 12.7 Å². The molecule has 0 fully saturated rings. The van der Waals surface area contributed by atoms with Crippen LogP contribution in [0, 0.1) is 0 Å². The Kier molecular flexibility index (Phi) is 5.67. The molecule has 0 aromatic rings. The molecule has 0 atom stereocenters. The van der Waals surface area contributed by atoms with Crippen LogP contribution >= 0.6 is 0 Å². The van der Waals surface area contributed by atoms with Crippen molar-refractivity contribution in [3.8, 4) is 0 Å². The molecule has 0 heterocycles. The first-order chi connectivity index (χ1) is 6.87. The molecular formula is C11H19NO3. The zero-order valence-corrected chi connectivity index (χ0v) is 9.38. The Morgan fingerprint density at radius 3 is 2.47 bits per heavy atom. The van der Waals surface area contributed by atoms with E-state index >= 15 is 0 Å². The van der Waals surface area contributed by atoms with Crippen LogP contribution in [0.3, 0.4) is 0 Å². The van der Waals surface area contributed by atoms with Crippen molar-refractivity contribution in [1.29, 1.82) is 0 Å². The summed E-state index contributed by atoms with van der Waals surface area (Å²) in [6.07, 6.45) is 3.22. The zero-order valence-electron chi connectivity index (χ0n) is 9.38. The molecule has 0 aliphatic rings. The van der Waals surface area contributed by atoms with Crippen LogP contribution < -0.4 is 5.32 Å². The van der Waals surface area contributed by atoms with E-state index in [1.165, 1.54) is 0 Å².